The fraction of sp³-hybridized carbons (Fsp3) is 0.474. The van der Waals surface area contributed by atoms with E-state index < -0.39 is 42.2 Å². The summed E-state index contributed by atoms with van der Waals surface area (Å²) >= 11 is 0. The predicted molar refractivity (Wildman–Crippen MR) is 101 cm³/mol. The van der Waals surface area contributed by atoms with Crippen LogP contribution in [0.4, 0.5) is 13.6 Å². The molecule has 0 unspecified atom stereocenters. The lowest BCUT2D eigenvalue weighted by Gasteiger charge is -2.34. The fourth-order valence-electron chi connectivity index (χ4n) is 4.25. The molecule has 3 N–H and O–H groups in total. The zero-order valence-electron chi connectivity index (χ0n) is 15.8. The lowest BCUT2D eigenvalue weighted by Crippen LogP contribution is -2.51. The van der Waals surface area contributed by atoms with Gasteiger partial charge in [0, 0.05) is 6.04 Å². The average Bonchev–Trinajstić information content (AvgIpc) is 3.22. The largest absolute Gasteiger partial charge is 0.475 e. The van der Waals surface area contributed by atoms with E-state index in [-0.39, 0.29) is 19.1 Å². The molecule has 0 radical (unpaired) electrons. The molecule has 2 heterocycles. The number of benzene rings is 1. The second kappa shape index (κ2) is 8.50. The Bertz CT molecular complexity index is 781. The lowest BCUT2D eigenvalue weighted by molar-refractivity contribution is -0.134. The highest BCUT2D eigenvalue weighted by Crippen LogP contribution is 2.47. The second-order valence-electron chi connectivity index (χ2n) is 7.61. The van der Waals surface area contributed by atoms with Gasteiger partial charge in [0.25, 0.3) is 5.91 Å². The molecule has 3 rings (SSSR count). The Balaban J connectivity index is 1.59. The van der Waals surface area contributed by atoms with Crippen LogP contribution in [-0.4, -0.2) is 58.2 Å². The molecule has 1 atom stereocenters. The number of ether oxygens (including phenoxy) is 1. The SMILES string of the molecule is C=C(F)C(=O)N1C2CCC1(COC(=O)N[C@@H](Cc1ccc(F)cc1)B(O)O)CC2. The van der Waals surface area contributed by atoms with Gasteiger partial charge in [-0.2, -0.15) is 0 Å². The highest BCUT2D eigenvalue weighted by molar-refractivity contribution is 6.43. The van der Waals surface area contributed by atoms with Crippen molar-refractivity contribution in [2.24, 2.45) is 0 Å². The molecule has 0 saturated carbocycles. The van der Waals surface area contributed by atoms with Gasteiger partial charge in [-0.15, -0.1) is 0 Å². The number of hydrogen-bond acceptors (Lipinski definition) is 5. The van der Waals surface area contributed by atoms with E-state index in [0.29, 0.717) is 31.2 Å². The molecule has 0 aliphatic carbocycles. The van der Waals surface area contributed by atoms with E-state index >= 15 is 0 Å². The third-order valence-electron chi connectivity index (χ3n) is 5.72. The summed E-state index contributed by atoms with van der Waals surface area (Å²) in [5.41, 5.74) is -0.172. The number of fused-ring (bicyclic) bond motifs is 2. The third kappa shape index (κ3) is 4.59. The van der Waals surface area contributed by atoms with E-state index in [2.05, 4.69) is 11.9 Å². The number of amides is 2. The number of nitrogens with zero attached hydrogens (tertiary/aromatic N) is 1. The first kappa shape index (κ1) is 21.3. The van der Waals surface area contributed by atoms with Crippen molar-refractivity contribution in [2.45, 2.75) is 49.6 Å². The smallest absolute Gasteiger partial charge is 0.447 e. The van der Waals surface area contributed by atoms with Crippen molar-refractivity contribution in [3.63, 3.8) is 0 Å². The van der Waals surface area contributed by atoms with Gasteiger partial charge >= 0.3 is 13.2 Å². The molecule has 2 bridgehead atoms. The van der Waals surface area contributed by atoms with Crippen LogP contribution in [0.25, 0.3) is 0 Å². The van der Waals surface area contributed by atoms with Crippen LogP contribution in [-0.2, 0) is 16.0 Å². The Kier molecular flexibility index (Phi) is 6.23. The van der Waals surface area contributed by atoms with Crippen LogP contribution < -0.4 is 5.32 Å². The van der Waals surface area contributed by atoms with Gasteiger partial charge in [0.2, 0.25) is 0 Å². The van der Waals surface area contributed by atoms with E-state index in [9.17, 15) is 28.4 Å². The van der Waals surface area contributed by atoms with E-state index in [1.54, 1.807) is 0 Å². The van der Waals surface area contributed by atoms with Crippen molar-refractivity contribution in [2.75, 3.05) is 6.61 Å². The fourth-order valence-corrected chi connectivity index (χ4v) is 4.25. The molecule has 0 aromatic heterocycles. The number of hydrogen-bond donors (Lipinski definition) is 3. The van der Waals surface area contributed by atoms with Gasteiger partial charge < -0.3 is 25.0 Å². The lowest BCUT2D eigenvalue weighted by atomic mass is 9.76. The first-order chi connectivity index (χ1) is 13.7. The van der Waals surface area contributed by atoms with Crippen LogP contribution in [0.3, 0.4) is 0 Å². The Morgan fingerprint density at radius 1 is 1.31 bits per heavy atom. The third-order valence-corrected chi connectivity index (χ3v) is 5.72. The van der Waals surface area contributed by atoms with Crippen LogP contribution >= 0.6 is 0 Å². The minimum absolute atomic E-state index is 0.0482. The highest BCUT2D eigenvalue weighted by atomic mass is 19.1. The monoisotopic (exact) mass is 408 g/mol. The molecule has 7 nitrogen and oxygen atoms in total. The maximum Gasteiger partial charge on any atom is 0.475 e. The van der Waals surface area contributed by atoms with Gasteiger partial charge in [-0.25, -0.2) is 13.6 Å². The maximum atomic E-state index is 13.4. The summed E-state index contributed by atoms with van der Waals surface area (Å²) in [4.78, 5) is 25.8. The van der Waals surface area contributed by atoms with Gasteiger partial charge in [0.1, 0.15) is 12.4 Å². The maximum absolute atomic E-state index is 13.4. The zero-order chi connectivity index (χ0) is 21.2. The molecule has 10 heteroatoms. The van der Waals surface area contributed by atoms with E-state index in [1.165, 1.54) is 29.2 Å². The Hall–Kier alpha value is -2.46. The van der Waals surface area contributed by atoms with Gasteiger partial charge in [0.15, 0.2) is 5.83 Å². The molecule has 156 valence electrons. The van der Waals surface area contributed by atoms with E-state index in [4.69, 9.17) is 4.74 Å². The number of carbonyl (C=O) groups is 2. The minimum Gasteiger partial charge on any atom is -0.447 e. The Labute approximate surface area is 167 Å². The molecule has 1 aromatic carbocycles. The molecule has 2 saturated heterocycles. The van der Waals surface area contributed by atoms with E-state index in [0.717, 1.165) is 0 Å². The summed E-state index contributed by atoms with van der Waals surface area (Å²) in [6, 6.07) is 5.32. The minimum atomic E-state index is -1.86. The second-order valence-corrected chi connectivity index (χ2v) is 7.61. The van der Waals surface area contributed by atoms with Crippen LogP contribution in [0.15, 0.2) is 36.7 Å². The molecule has 2 amide bonds. The Morgan fingerprint density at radius 2 is 1.93 bits per heavy atom. The van der Waals surface area contributed by atoms with Crippen molar-refractivity contribution in [1.29, 1.82) is 0 Å². The average molecular weight is 408 g/mol. The number of carbonyl (C=O) groups excluding carboxylic acids is 2. The van der Waals surface area contributed by atoms with Gasteiger partial charge in [0.05, 0.1) is 11.5 Å². The molecule has 0 spiro atoms. The quantitative estimate of drug-likeness (QED) is 0.469. The van der Waals surface area contributed by atoms with Crippen molar-refractivity contribution in [1.82, 2.24) is 10.2 Å². The highest BCUT2D eigenvalue weighted by Gasteiger charge is 2.55. The summed E-state index contributed by atoms with van der Waals surface area (Å²) in [6.45, 7) is 2.94. The first-order valence-electron chi connectivity index (χ1n) is 9.44. The van der Waals surface area contributed by atoms with Crippen molar-refractivity contribution in [3.05, 3.63) is 48.1 Å². The van der Waals surface area contributed by atoms with Crippen LogP contribution in [0.2, 0.25) is 0 Å². The molecule has 2 aliphatic rings. The number of alkyl carbamates (subject to hydrolysis) is 1. The van der Waals surface area contributed by atoms with Crippen LogP contribution in [0.5, 0.6) is 0 Å². The number of nitrogens with one attached hydrogen (secondary N) is 1. The summed E-state index contributed by atoms with van der Waals surface area (Å²) in [7, 11) is -1.86. The van der Waals surface area contributed by atoms with Crippen molar-refractivity contribution in [3.8, 4) is 0 Å². The van der Waals surface area contributed by atoms with Crippen LogP contribution in [0.1, 0.15) is 31.2 Å². The van der Waals surface area contributed by atoms with E-state index in [1.807, 2.05) is 0 Å². The molecular formula is C19H23BF2N2O5. The number of halogens is 2. The topological polar surface area (TPSA) is 99.1 Å². The summed E-state index contributed by atoms with van der Waals surface area (Å²) in [6.07, 6.45) is 1.74. The molecule has 2 aliphatic heterocycles. The van der Waals surface area contributed by atoms with Gasteiger partial charge in [-0.1, -0.05) is 18.7 Å². The number of rotatable bonds is 7. The summed E-state index contributed by atoms with van der Waals surface area (Å²) < 4.78 is 31.7. The van der Waals surface area contributed by atoms with Crippen molar-refractivity contribution >= 4 is 19.1 Å². The normalized spacial score (nSPS) is 23.6. The molecule has 29 heavy (non-hydrogen) atoms. The van der Waals surface area contributed by atoms with Crippen molar-refractivity contribution < 1.29 is 33.2 Å². The predicted octanol–water partition coefficient (Wildman–Crippen LogP) is 1.48. The van der Waals surface area contributed by atoms with Gasteiger partial charge in [-0.3, -0.25) is 4.79 Å². The van der Waals surface area contributed by atoms with Gasteiger partial charge in [-0.05, 0) is 49.8 Å². The molecule has 1 aromatic rings. The molecular weight excluding hydrogens is 385 g/mol. The Morgan fingerprint density at radius 3 is 2.48 bits per heavy atom. The summed E-state index contributed by atoms with van der Waals surface area (Å²) in [5, 5.41) is 21.5. The first-order valence-corrected chi connectivity index (χ1v) is 9.44. The van der Waals surface area contributed by atoms with Crippen LogP contribution in [0, 0.1) is 5.82 Å². The zero-order valence-corrected chi connectivity index (χ0v) is 15.8. The molecule has 2 fully saturated rings. The summed E-state index contributed by atoms with van der Waals surface area (Å²) in [5.74, 6) is -3.33. The standard InChI is InChI=1S/C19H23BF2N2O5/c1-12(21)17(25)24-15-6-8-19(24,9-7-15)11-29-18(26)23-16(20(27)28)10-13-2-4-14(22)5-3-13/h2-5,15-16,27-28H,1,6-11H2,(H,23,26)/t15?,16-,19?/m0/s1.